The smallest absolute Gasteiger partial charge is 0.328 e. The molecule has 0 spiro atoms. The van der Waals surface area contributed by atoms with E-state index in [1.807, 2.05) is 6.07 Å². The highest BCUT2D eigenvalue weighted by atomic mass is 16.5. The van der Waals surface area contributed by atoms with E-state index in [0.717, 1.165) is 0 Å². The number of carbonyl (C=O) groups excluding carboxylic acids is 3. The Morgan fingerprint density at radius 1 is 1.27 bits per heavy atom. The van der Waals surface area contributed by atoms with Crippen molar-refractivity contribution in [1.29, 1.82) is 5.26 Å². The number of hydrogen-bond acceptors (Lipinski definition) is 5. The van der Waals surface area contributed by atoms with Crippen molar-refractivity contribution in [3.63, 3.8) is 0 Å². The summed E-state index contributed by atoms with van der Waals surface area (Å²) in [7, 11) is 1.22. The molecule has 0 saturated carbocycles. The van der Waals surface area contributed by atoms with Crippen LogP contribution in [0.4, 0.5) is 5.69 Å². The summed E-state index contributed by atoms with van der Waals surface area (Å²) in [6, 6.07) is 7.27. The number of benzene rings is 1. The molecule has 0 unspecified atom stereocenters. The number of methoxy groups -OCH3 is 1. The Morgan fingerprint density at radius 2 is 1.91 bits per heavy atom. The van der Waals surface area contributed by atoms with Gasteiger partial charge in [-0.3, -0.25) is 9.59 Å². The van der Waals surface area contributed by atoms with E-state index in [2.05, 4.69) is 15.4 Å². The van der Waals surface area contributed by atoms with Crippen LogP contribution in [0.2, 0.25) is 0 Å². The van der Waals surface area contributed by atoms with Gasteiger partial charge in [0.1, 0.15) is 6.04 Å². The third-order valence-corrected chi connectivity index (χ3v) is 2.80. The van der Waals surface area contributed by atoms with E-state index in [1.54, 1.807) is 12.1 Å². The minimum Gasteiger partial charge on any atom is -0.467 e. The van der Waals surface area contributed by atoms with Crippen LogP contribution in [0.25, 0.3) is 0 Å². The van der Waals surface area contributed by atoms with Crippen molar-refractivity contribution in [1.82, 2.24) is 5.32 Å². The van der Waals surface area contributed by atoms with Gasteiger partial charge in [-0.25, -0.2) is 4.79 Å². The first-order chi connectivity index (χ1) is 10.5. The zero-order valence-corrected chi connectivity index (χ0v) is 12.4. The summed E-state index contributed by atoms with van der Waals surface area (Å²) in [5.74, 6) is -1.26. The maximum atomic E-state index is 12.1. The number of esters is 1. The summed E-state index contributed by atoms with van der Waals surface area (Å²) in [5, 5.41) is 13.7. The van der Waals surface area contributed by atoms with Gasteiger partial charge in [-0.05, 0) is 30.7 Å². The summed E-state index contributed by atoms with van der Waals surface area (Å²) in [5.41, 5.74) is 0.901. The molecular weight excluding hydrogens is 286 g/mol. The number of hydrogen-bond donors (Lipinski definition) is 2. The van der Waals surface area contributed by atoms with E-state index in [0.29, 0.717) is 11.3 Å². The summed E-state index contributed by atoms with van der Waals surface area (Å²) in [4.78, 5) is 34.6. The Kier molecular flexibility index (Phi) is 6.57. The second-order valence-corrected chi connectivity index (χ2v) is 4.50. The first-order valence-electron chi connectivity index (χ1n) is 6.61. The first-order valence-corrected chi connectivity index (χ1v) is 6.61. The van der Waals surface area contributed by atoms with Gasteiger partial charge in [-0.2, -0.15) is 5.26 Å². The Labute approximate surface area is 128 Å². The van der Waals surface area contributed by atoms with Gasteiger partial charge in [-0.15, -0.1) is 0 Å². The van der Waals surface area contributed by atoms with Crippen molar-refractivity contribution < 1.29 is 19.1 Å². The number of anilines is 1. The van der Waals surface area contributed by atoms with Gasteiger partial charge >= 0.3 is 5.97 Å². The van der Waals surface area contributed by atoms with Crippen LogP contribution in [-0.4, -0.2) is 30.9 Å². The predicted molar refractivity (Wildman–Crippen MR) is 78.9 cm³/mol. The van der Waals surface area contributed by atoms with Crippen molar-refractivity contribution in [3.05, 3.63) is 29.8 Å². The molecule has 1 aromatic rings. The molecule has 1 atom stereocenters. The lowest BCUT2D eigenvalue weighted by molar-refractivity contribution is -0.143. The molecule has 0 saturated heterocycles. The Hall–Kier alpha value is -2.88. The quantitative estimate of drug-likeness (QED) is 0.768. The molecule has 0 aliphatic carbocycles. The predicted octanol–water partition coefficient (Wildman–Crippen LogP) is 1.22. The van der Waals surface area contributed by atoms with Gasteiger partial charge in [0, 0.05) is 24.6 Å². The van der Waals surface area contributed by atoms with Crippen molar-refractivity contribution >= 4 is 23.5 Å². The molecule has 0 aliphatic heterocycles. The fourth-order valence-corrected chi connectivity index (χ4v) is 1.75. The number of amides is 2. The van der Waals surface area contributed by atoms with E-state index >= 15 is 0 Å². The van der Waals surface area contributed by atoms with Crippen LogP contribution in [0.15, 0.2) is 24.3 Å². The maximum Gasteiger partial charge on any atom is 0.328 e. The van der Waals surface area contributed by atoms with Crippen molar-refractivity contribution in [3.8, 4) is 6.07 Å². The summed E-state index contributed by atoms with van der Waals surface area (Å²) in [6.07, 6.45) is 0.306. The second kappa shape index (κ2) is 8.42. The highest BCUT2D eigenvalue weighted by Crippen LogP contribution is 2.10. The van der Waals surface area contributed by atoms with E-state index in [9.17, 15) is 14.4 Å². The molecule has 2 N–H and O–H groups in total. The summed E-state index contributed by atoms with van der Waals surface area (Å²) < 4.78 is 4.60. The third-order valence-electron chi connectivity index (χ3n) is 2.80. The van der Waals surface area contributed by atoms with Gasteiger partial charge in [0.2, 0.25) is 5.91 Å². The van der Waals surface area contributed by atoms with Gasteiger partial charge in [0.05, 0.1) is 13.2 Å². The average Bonchev–Trinajstić information content (AvgIpc) is 2.50. The molecule has 7 nitrogen and oxygen atoms in total. The number of rotatable bonds is 6. The minimum atomic E-state index is -0.868. The number of nitriles is 1. The molecule has 0 aromatic heterocycles. The lowest BCUT2D eigenvalue weighted by atomic mass is 10.1. The standard InChI is InChI=1S/C15H17N3O4/c1-10(19)17-12-7-5-11(6-8-12)14(20)18-13(4-3-9-16)15(21)22-2/h5-8,13H,3-4H2,1-2H3,(H,17,19)(H,18,20)/t13-/m1/s1. The van der Waals surface area contributed by atoms with Crippen LogP contribution in [0.3, 0.4) is 0 Å². The number of ether oxygens (including phenoxy) is 1. The lowest BCUT2D eigenvalue weighted by Gasteiger charge is -2.15. The molecule has 1 aromatic carbocycles. The van der Waals surface area contributed by atoms with Gasteiger partial charge < -0.3 is 15.4 Å². The maximum absolute atomic E-state index is 12.1. The van der Waals surface area contributed by atoms with Crippen LogP contribution in [0, 0.1) is 11.3 Å². The number of nitrogens with one attached hydrogen (secondary N) is 2. The van der Waals surface area contributed by atoms with Crippen LogP contribution in [0.5, 0.6) is 0 Å². The van der Waals surface area contributed by atoms with Crippen LogP contribution < -0.4 is 10.6 Å². The molecule has 7 heteroatoms. The van der Waals surface area contributed by atoms with Crippen molar-refractivity contribution in [2.45, 2.75) is 25.8 Å². The van der Waals surface area contributed by atoms with E-state index in [4.69, 9.17) is 5.26 Å². The largest absolute Gasteiger partial charge is 0.467 e. The van der Waals surface area contributed by atoms with Gasteiger partial charge in [-0.1, -0.05) is 0 Å². The average molecular weight is 303 g/mol. The fourth-order valence-electron chi connectivity index (χ4n) is 1.75. The lowest BCUT2D eigenvalue weighted by Crippen LogP contribution is -2.41. The molecule has 2 amide bonds. The minimum absolute atomic E-state index is 0.127. The van der Waals surface area contributed by atoms with Crippen LogP contribution in [0.1, 0.15) is 30.1 Å². The van der Waals surface area contributed by atoms with Gasteiger partial charge in [0.25, 0.3) is 5.91 Å². The fraction of sp³-hybridized carbons (Fsp3) is 0.333. The topological polar surface area (TPSA) is 108 Å². The highest BCUT2D eigenvalue weighted by Gasteiger charge is 2.21. The number of nitrogens with zero attached hydrogens (tertiary/aromatic N) is 1. The van der Waals surface area contributed by atoms with E-state index < -0.39 is 17.9 Å². The zero-order valence-electron chi connectivity index (χ0n) is 12.4. The van der Waals surface area contributed by atoms with Crippen LogP contribution >= 0.6 is 0 Å². The second-order valence-electron chi connectivity index (χ2n) is 4.50. The molecule has 0 aliphatic rings. The van der Waals surface area contributed by atoms with Crippen molar-refractivity contribution in [2.24, 2.45) is 0 Å². The Balaban J connectivity index is 2.74. The molecule has 0 heterocycles. The monoisotopic (exact) mass is 303 g/mol. The van der Waals surface area contributed by atoms with Gasteiger partial charge in [0.15, 0.2) is 0 Å². The zero-order chi connectivity index (χ0) is 16.5. The van der Waals surface area contributed by atoms with E-state index in [1.165, 1.54) is 26.2 Å². The molecular formula is C15H17N3O4. The highest BCUT2D eigenvalue weighted by molar-refractivity contribution is 5.97. The van der Waals surface area contributed by atoms with Crippen molar-refractivity contribution in [2.75, 3.05) is 12.4 Å². The molecule has 1 rings (SSSR count). The van der Waals surface area contributed by atoms with Crippen LogP contribution in [-0.2, 0) is 14.3 Å². The molecule has 0 fully saturated rings. The summed E-state index contributed by atoms with van der Waals surface area (Å²) >= 11 is 0. The molecule has 22 heavy (non-hydrogen) atoms. The van der Waals surface area contributed by atoms with E-state index in [-0.39, 0.29) is 18.7 Å². The normalized spacial score (nSPS) is 11.0. The number of carbonyl (C=O) groups is 3. The Bertz CT molecular complexity index is 590. The SMILES string of the molecule is COC(=O)[C@@H](CCC#N)NC(=O)c1ccc(NC(C)=O)cc1. The molecule has 0 radical (unpaired) electrons. The molecule has 0 bridgehead atoms. The third kappa shape index (κ3) is 5.25. The first kappa shape index (κ1) is 17.2. The Morgan fingerprint density at radius 3 is 2.41 bits per heavy atom. The summed E-state index contributed by atoms with van der Waals surface area (Å²) in [6.45, 7) is 1.39. The molecule has 116 valence electrons.